The van der Waals surface area contributed by atoms with Crippen LogP contribution in [0.4, 0.5) is 5.69 Å². The van der Waals surface area contributed by atoms with E-state index in [1.165, 1.54) is 0 Å². The molecule has 0 unspecified atom stereocenters. The molecule has 0 spiro atoms. The number of aryl methyl sites for hydroxylation is 1. The number of aromatic nitrogens is 2. The molecule has 2 N–H and O–H groups in total. The largest absolute Gasteiger partial charge is 0.399 e. The van der Waals surface area contributed by atoms with Crippen molar-refractivity contribution >= 4 is 39.9 Å². The van der Waals surface area contributed by atoms with Crippen LogP contribution in [0.2, 0.25) is 10.0 Å². The first kappa shape index (κ1) is 13.3. The van der Waals surface area contributed by atoms with Crippen LogP contribution in [0, 0.1) is 0 Å². The van der Waals surface area contributed by atoms with Crippen molar-refractivity contribution in [2.45, 2.75) is 13.3 Å². The SMILES string of the molecule is CCc1nc2cc(N)ccc2n1-c1ccc(Cl)c(Cl)c1. The van der Waals surface area contributed by atoms with Gasteiger partial charge in [-0.25, -0.2) is 4.98 Å². The zero-order chi connectivity index (χ0) is 14.3. The summed E-state index contributed by atoms with van der Waals surface area (Å²) >= 11 is 12.1. The Balaban J connectivity index is 2.30. The van der Waals surface area contributed by atoms with Gasteiger partial charge >= 0.3 is 0 Å². The predicted molar refractivity (Wildman–Crippen MR) is 84.9 cm³/mol. The van der Waals surface area contributed by atoms with E-state index in [9.17, 15) is 0 Å². The Labute approximate surface area is 126 Å². The van der Waals surface area contributed by atoms with E-state index in [0.29, 0.717) is 15.7 Å². The highest BCUT2D eigenvalue weighted by molar-refractivity contribution is 6.42. The quantitative estimate of drug-likeness (QED) is 0.710. The molecule has 1 heterocycles. The summed E-state index contributed by atoms with van der Waals surface area (Å²) < 4.78 is 2.08. The molecule has 0 aliphatic heterocycles. The van der Waals surface area contributed by atoms with Gasteiger partial charge in [-0.1, -0.05) is 30.1 Å². The molecule has 1 aromatic heterocycles. The molecule has 0 amide bonds. The summed E-state index contributed by atoms with van der Waals surface area (Å²) in [5, 5.41) is 1.07. The fourth-order valence-electron chi connectivity index (χ4n) is 2.30. The minimum atomic E-state index is 0.531. The summed E-state index contributed by atoms with van der Waals surface area (Å²) in [6.45, 7) is 2.07. The molecule has 0 aliphatic rings. The molecule has 0 aliphatic carbocycles. The van der Waals surface area contributed by atoms with Crippen LogP contribution in [-0.4, -0.2) is 9.55 Å². The Morgan fingerprint density at radius 1 is 1.10 bits per heavy atom. The molecule has 20 heavy (non-hydrogen) atoms. The zero-order valence-corrected chi connectivity index (χ0v) is 12.4. The van der Waals surface area contributed by atoms with E-state index < -0.39 is 0 Å². The van der Waals surface area contributed by atoms with Crippen LogP contribution in [0.25, 0.3) is 16.7 Å². The van der Waals surface area contributed by atoms with Gasteiger partial charge < -0.3 is 5.73 Å². The van der Waals surface area contributed by atoms with Crippen molar-refractivity contribution in [2.75, 3.05) is 5.73 Å². The van der Waals surface area contributed by atoms with Gasteiger partial charge in [-0.15, -0.1) is 0 Å². The first-order valence-electron chi connectivity index (χ1n) is 6.32. The molecule has 0 bridgehead atoms. The molecule has 3 rings (SSSR count). The summed E-state index contributed by atoms with van der Waals surface area (Å²) in [6.07, 6.45) is 0.814. The third-order valence-electron chi connectivity index (χ3n) is 3.23. The van der Waals surface area contributed by atoms with Crippen molar-refractivity contribution in [1.29, 1.82) is 0 Å². The van der Waals surface area contributed by atoms with Crippen LogP contribution < -0.4 is 5.73 Å². The third-order valence-corrected chi connectivity index (χ3v) is 3.96. The van der Waals surface area contributed by atoms with Gasteiger partial charge in [-0.3, -0.25) is 4.57 Å². The summed E-state index contributed by atoms with van der Waals surface area (Å²) in [7, 11) is 0. The Morgan fingerprint density at radius 3 is 2.60 bits per heavy atom. The van der Waals surface area contributed by atoms with Crippen molar-refractivity contribution in [1.82, 2.24) is 9.55 Å². The number of halogens is 2. The van der Waals surface area contributed by atoms with Gasteiger partial charge in [0.15, 0.2) is 0 Å². The zero-order valence-electron chi connectivity index (χ0n) is 10.9. The molecule has 2 aromatic carbocycles. The highest BCUT2D eigenvalue weighted by Crippen LogP contribution is 2.28. The van der Waals surface area contributed by atoms with Gasteiger partial charge in [0.2, 0.25) is 0 Å². The minimum Gasteiger partial charge on any atom is -0.399 e. The lowest BCUT2D eigenvalue weighted by atomic mass is 10.2. The lowest BCUT2D eigenvalue weighted by Gasteiger charge is -2.09. The van der Waals surface area contributed by atoms with E-state index in [1.807, 2.05) is 30.3 Å². The van der Waals surface area contributed by atoms with Crippen LogP contribution in [-0.2, 0) is 6.42 Å². The maximum Gasteiger partial charge on any atom is 0.114 e. The number of rotatable bonds is 2. The number of fused-ring (bicyclic) bond motifs is 1. The fourth-order valence-corrected chi connectivity index (χ4v) is 2.59. The fraction of sp³-hybridized carbons (Fsp3) is 0.133. The maximum absolute atomic E-state index is 6.12. The normalized spacial score (nSPS) is 11.2. The Bertz CT molecular complexity index is 793. The molecule has 3 nitrogen and oxygen atoms in total. The first-order chi connectivity index (χ1) is 9.60. The molecule has 0 saturated heterocycles. The second-order valence-electron chi connectivity index (χ2n) is 4.56. The van der Waals surface area contributed by atoms with E-state index in [2.05, 4.69) is 16.5 Å². The number of nitrogens with zero attached hydrogens (tertiary/aromatic N) is 2. The average Bonchev–Trinajstić information content (AvgIpc) is 2.79. The summed E-state index contributed by atoms with van der Waals surface area (Å²) in [4.78, 5) is 4.63. The van der Waals surface area contributed by atoms with Gasteiger partial charge in [0.05, 0.1) is 21.1 Å². The first-order valence-corrected chi connectivity index (χ1v) is 7.08. The van der Waals surface area contributed by atoms with Crippen molar-refractivity contribution in [2.24, 2.45) is 0 Å². The van der Waals surface area contributed by atoms with Crippen LogP contribution in [0.3, 0.4) is 0 Å². The molecular weight excluding hydrogens is 293 g/mol. The molecule has 5 heteroatoms. The molecule has 0 saturated carbocycles. The van der Waals surface area contributed by atoms with Crippen molar-refractivity contribution in [3.8, 4) is 5.69 Å². The number of imidazole rings is 1. The number of hydrogen-bond donors (Lipinski definition) is 1. The molecule has 0 fully saturated rings. The Hall–Kier alpha value is -1.71. The van der Waals surface area contributed by atoms with E-state index >= 15 is 0 Å². The highest BCUT2D eigenvalue weighted by Gasteiger charge is 2.12. The van der Waals surface area contributed by atoms with Gasteiger partial charge in [0, 0.05) is 17.8 Å². The van der Waals surface area contributed by atoms with Crippen LogP contribution in [0.15, 0.2) is 36.4 Å². The van der Waals surface area contributed by atoms with Gasteiger partial charge in [0.25, 0.3) is 0 Å². The van der Waals surface area contributed by atoms with E-state index in [1.54, 1.807) is 6.07 Å². The van der Waals surface area contributed by atoms with Crippen molar-refractivity contribution in [3.05, 3.63) is 52.3 Å². The minimum absolute atomic E-state index is 0.531. The second-order valence-corrected chi connectivity index (χ2v) is 5.38. The van der Waals surface area contributed by atoms with E-state index in [4.69, 9.17) is 28.9 Å². The standard InChI is InChI=1S/C15H13Cl2N3/c1-2-15-19-13-7-9(18)3-6-14(13)20(15)10-4-5-11(16)12(17)8-10/h3-8H,2,18H2,1H3. The van der Waals surface area contributed by atoms with Gasteiger partial charge in [-0.2, -0.15) is 0 Å². The van der Waals surface area contributed by atoms with Gasteiger partial charge in [-0.05, 0) is 36.4 Å². The van der Waals surface area contributed by atoms with E-state index in [0.717, 1.165) is 29.0 Å². The number of nitrogen functional groups attached to an aromatic ring is 1. The predicted octanol–water partition coefficient (Wildman–Crippen LogP) is 4.48. The van der Waals surface area contributed by atoms with E-state index in [-0.39, 0.29) is 0 Å². The number of anilines is 1. The number of benzene rings is 2. The number of hydrogen-bond acceptors (Lipinski definition) is 2. The molecular formula is C15H13Cl2N3. The van der Waals surface area contributed by atoms with Crippen LogP contribution >= 0.6 is 23.2 Å². The van der Waals surface area contributed by atoms with Gasteiger partial charge in [0.1, 0.15) is 5.82 Å². The van der Waals surface area contributed by atoms with Crippen LogP contribution in [0.1, 0.15) is 12.7 Å². The van der Waals surface area contributed by atoms with Crippen molar-refractivity contribution < 1.29 is 0 Å². The smallest absolute Gasteiger partial charge is 0.114 e. The molecule has 0 atom stereocenters. The summed E-state index contributed by atoms with van der Waals surface area (Å²) in [5.74, 6) is 0.962. The molecule has 102 valence electrons. The summed E-state index contributed by atoms with van der Waals surface area (Å²) in [6, 6.07) is 11.3. The topological polar surface area (TPSA) is 43.8 Å². The lowest BCUT2D eigenvalue weighted by molar-refractivity contribution is 0.908. The maximum atomic E-state index is 6.12. The lowest BCUT2D eigenvalue weighted by Crippen LogP contribution is -2.00. The number of nitrogens with two attached hydrogens (primary N) is 1. The molecule has 0 radical (unpaired) electrons. The molecule has 3 aromatic rings. The summed E-state index contributed by atoms with van der Waals surface area (Å²) in [5.41, 5.74) is 9.37. The Morgan fingerprint density at radius 2 is 1.90 bits per heavy atom. The third kappa shape index (κ3) is 2.13. The van der Waals surface area contributed by atoms with Crippen LogP contribution in [0.5, 0.6) is 0 Å². The van der Waals surface area contributed by atoms with Crippen molar-refractivity contribution in [3.63, 3.8) is 0 Å². The average molecular weight is 306 g/mol. The monoisotopic (exact) mass is 305 g/mol. The second kappa shape index (κ2) is 5.00. The Kier molecular flexibility index (Phi) is 3.32. The highest BCUT2D eigenvalue weighted by atomic mass is 35.5.